The fourth-order valence-electron chi connectivity index (χ4n) is 4.85. The first-order valence-corrected chi connectivity index (χ1v) is 12.5. The number of nitrogens with one attached hydrogen (secondary N) is 1. The number of fused-ring (bicyclic) bond motifs is 3. The summed E-state index contributed by atoms with van der Waals surface area (Å²) < 4.78 is 32.3. The molecule has 3 atom stereocenters. The van der Waals surface area contributed by atoms with E-state index in [1.165, 1.54) is 24.5 Å². The van der Waals surface area contributed by atoms with Gasteiger partial charge in [-0.2, -0.15) is 0 Å². The zero-order chi connectivity index (χ0) is 26.1. The van der Waals surface area contributed by atoms with Crippen LogP contribution in [-0.2, 0) is 9.53 Å². The Kier molecular flexibility index (Phi) is 7.37. The van der Waals surface area contributed by atoms with Crippen LogP contribution in [0, 0.1) is 17.7 Å². The molecular weight excluding hydrogens is 522 g/mol. The highest BCUT2D eigenvalue weighted by atomic mass is 35.5. The first-order valence-electron chi connectivity index (χ1n) is 11.8. The fraction of sp³-hybridized carbons (Fsp3) is 0.346. The third-order valence-electron chi connectivity index (χ3n) is 6.73. The van der Waals surface area contributed by atoms with Crippen LogP contribution in [0.25, 0.3) is 10.9 Å². The SMILES string of the molecule is C=CC(=O)N1C[C@H]2C[C@@H](C1)[C@H]2Oc1cc2c(Nc3ccc(Cl)c(Cl)c3F)ncnc2cc1OCCOC. The maximum atomic E-state index is 14.7. The van der Waals surface area contributed by atoms with E-state index in [0.29, 0.717) is 54.5 Å². The normalized spacial score (nSPS) is 20.3. The Hall–Kier alpha value is -3.14. The fourth-order valence-corrected chi connectivity index (χ4v) is 5.16. The highest BCUT2D eigenvalue weighted by Gasteiger charge is 2.49. The zero-order valence-corrected chi connectivity index (χ0v) is 21.6. The number of hydrogen-bond donors (Lipinski definition) is 1. The average molecular weight is 547 g/mol. The van der Waals surface area contributed by atoms with Gasteiger partial charge in [-0.15, -0.1) is 0 Å². The van der Waals surface area contributed by atoms with E-state index in [0.717, 1.165) is 6.42 Å². The van der Waals surface area contributed by atoms with Crippen molar-refractivity contribution in [1.29, 1.82) is 0 Å². The molecule has 0 spiro atoms. The van der Waals surface area contributed by atoms with Crippen LogP contribution in [0.3, 0.4) is 0 Å². The molecule has 1 saturated carbocycles. The van der Waals surface area contributed by atoms with Crippen LogP contribution in [-0.4, -0.2) is 60.3 Å². The van der Waals surface area contributed by atoms with Crippen LogP contribution in [0.4, 0.5) is 15.9 Å². The van der Waals surface area contributed by atoms with Crippen LogP contribution in [0.1, 0.15) is 6.42 Å². The Labute approximate surface area is 223 Å². The smallest absolute Gasteiger partial charge is 0.245 e. The van der Waals surface area contributed by atoms with Gasteiger partial charge in [0.25, 0.3) is 0 Å². The Balaban J connectivity index is 1.46. The van der Waals surface area contributed by atoms with E-state index < -0.39 is 5.82 Å². The molecule has 1 N–H and O–H groups in total. The molecule has 2 bridgehead atoms. The lowest BCUT2D eigenvalue weighted by Gasteiger charge is -2.52. The van der Waals surface area contributed by atoms with Gasteiger partial charge in [-0.1, -0.05) is 29.8 Å². The van der Waals surface area contributed by atoms with Gasteiger partial charge in [0.2, 0.25) is 5.91 Å². The lowest BCUT2D eigenvalue weighted by molar-refractivity contribution is -0.142. The molecule has 37 heavy (non-hydrogen) atoms. The maximum absolute atomic E-state index is 14.7. The Bertz CT molecular complexity index is 1350. The second-order valence-corrected chi connectivity index (χ2v) is 9.80. The van der Waals surface area contributed by atoms with Gasteiger partial charge in [0.1, 0.15) is 24.9 Å². The number of anilines is 2. The van der Waals surface area contributed by atoms with Crippen LogP contribution in [0.5, 0.6) is 11.5 Å². The molecule has 0 unspecified atom stereocenters. The molecule has 3 aliphatic rings. The first kappa shape index (κ1) is 25.5. The molecule has 3 heterocycles. The maximum Gasteiger partial charge on any atom is 0.245 e. The highest BCUT2D eigenvalue weighted by molar-refractivity contribution is 6.42. The van der Waals surface area contributed by atoms with Crippen molar-refractivity contribution in [1.82, 2.24) is 14.9 Å². The van der Waals surface area contributed by atoms with E-state index in [1.807, 2.05) is 4.90 Å². The van der Waals surface area contributed by atoms with Crippen molar-refractivity contribution in [2.24, 2.45) is 11.8 Å². The number of aromatic nitrogens is 2. The van der Waals surface area contributed by atoms with Gasteiger partial charge in [-0.25, -0.2) is 14.4 Å². The molecule has 3 fully saturated rings. The molecule has 0 radical (unpaired) electrons. The first-order chi connectivity index (χ1) is 17.9. The number of halogens is 3. The standard InChI is InChI=1S/C26H25Cl2FN4O4/c1-3-22(34)33-11-14-8-15(12-33)25(14)37-21-9-16-19(10-20(21)36-7-6-35-2)30-13-31-26(16)32-18-5-4-17(27)23(28)24(18)29/h3-5,9-10,13-15,25H,1,6-8,11-12H2,2H3,(H,30,31,32)/t14-,15+,25+. The number of methoxy groups -OCH3 is 1. The Morgan fingerprint density at radius 1 is 1.22 bits per heavy atom. The zero-order valence-electron chi connectivity index (χ0n) is 20.0. The van der Waals surface area contributed by atoms with Gasteiger partial charge in [0.05, 0.1) is 27.9 Å². The number of ether oxygens (including phenoxy) is 3. The van der Waals surface area contributed by atoms with Gasteiger partial charge < -0.3 is 24.4 Å². The summed E-state index contributed by atoms with van der Waals surface area (Å²) in [5.41, 5.74) is 0.701. The molecule has 194 valence electrons. The molecule has 2 saturated heterocycles. The number of piperidine rings is 2. The van der Waals surface area contributed by atoms with Crippen LogP contribution in [0.2, 0.25) is 10.0 Å². The van der Waals surface area contributed by atoms with Crippen molar-refractivity contribution in [2.45, 2.75) is 12.5 Å². The Morgan fingerprint density at radius 2 is 2.00 bits per heavy atom. The summed E-state index contributed by atoms with van der Waals surface area (Å²) in [6.07, 6.45) is 3.65. The van der Waals surface area contributed by atoms with Crippen molar-refractivity contribution in [3.8, 4) is 11.5 Å². The summed E-state index contributed by atoms with van der Waals surface area (Å²) in [6.45, 7) is 5.54. The van der Waals surface area contributed by atoms with Crippen molar-refractivity contribution >= 4 is 51.5 Å². The summed E-state index contributed by atoms with van der Waals surface area (Å²) in [5, 5.41) is 3.53. The molecule has 1 aliphatic carbocycles. The average Bonchev–Trinajstić information content (AvgIpc) is 2.91. The molecule has 2 aromatic carbocycles. The number of carbonyl (C=O) groups excluding carboxylic acids is 1. The molecule has 1 aromatic heterocycles. The van der Waals surface area contributed by atoms with E-state index >= 15 is 0 Å². The summed E-state index contributed by atoms with van der Waals surface area (Å²) >= 11 is 11.9. The third kappa shape index (κ3) is 5.03. The number of carbonyl (C=O) groups is 1. The van der Waals surface area contributed by atoms with Crippen LogP contribution >= 0.6 is 23.2 Å². The minimum absolute atomic E-state index is 0.0650. The second-order valence-electron chi connectivity index (χ2n) is 9.01. The molecule has 8 nitrogen and oxygen atoms in total. The minimum Gasteiger partial charge on any atom is -0.487 e. The van der Waals surface area contributed by atoms with Gasteiger partial charge in [-0.3, -0.25) is 4.79 Å². The lowest BCUT2D eigenvalue weighted by atomic mass is 9.68. The van der Waals surface area contributed by atoms with E-state index in [4.69, 9.17) is 37.4 Å². The lowest BCUT2D eigenvalue weighted by Crippen LogP contribution is -2.61. The third-order valence-corrected chi connectivity index (χ3v) is 7.51. The van der Waals surface area contributed by atoms with Gasteiger partial charge >= 0.3 is 0 Å². The van der Waals surface area contributed by atoms with E-state index in [2.05, 4.69) is 21.9 Å². The van der Waals surface area contributed by atoms with Crippen molar-refractivity contribution in [2.75, 3.05) is 38.7 Å². The number of hydrogen-bond acceptors (Lipinski definition) is 7. The molecular formula is C26H25Cl2FN4O4. The summed E-state index contributed by atoms with van der Waals surface area (Å²) in [6, 6.07) is 6.55. The van der Waals surface area contributed by atoms with Crippen LogP contribution in [0.15, 0.2) is 43.2 Å². The van der Waals surface area contributed by atoms with Gasteiger partial charge in [-0.05, 0) is 30.7 Å². The summed E-state index contributed by atoms with van der Waals surface area (Å²) in [5.74, 6) is 1.06. The van der Waals surface area contributed by atoms with E-state index in [1.54, 1.807) is 19.2 Å². The molecule has 6 rings (SSSR count). The van der Waals surface area contributed by atoms with Crippen molar-refractivity contribution in [3.63, 3.8) is 0 Å². The predicted molar refractivity (Wildman–Crippen MR) is 139 cm³/mol. The Morgan fingerprint density at radius 3 is 2.73 bits per heavy atom. The molecule has 1 amide bonds. The predicted octanol–water partition coefficient (Wildman–Crippen LogP) is 5.26. The van der Waals surface area contributed by atoms with E-state index in [9.17, 15) is 9.18 Å². The number of benzene rings is 2. The molecule has 11 heteroatoms. The number of nitrogens with zero attached hydrogens (tertiary/aromatic N) is 3. The van der Waals surface area contributed by atoms with E-state index in [-0.39, 0.29) is 39.6 Å². The monoisotopic (exact) mass is 546 g/mol. The largest absolute Gasteiger partial charge is 0.487 e. The highest BCUT2D eigenvalue weighted by Crippen LogP contribution is 2.45. The quantitative estimate of drug-likeness (QED) is 0.222. The molecule has 2 aliphatic heterocycles. The summed E-state index contributed by atoms with van der Waals surface area (Å²) in [7, 11) is 1.60. The van der Waals surface area contributed by atoms with Gasteiger partial charge in [0, 0.05) is 43.5 Å². The topological polar surface area (TPSA) is 85.8 Å². The van der Waals surface area contributed by atoms with Crippen molar-refractivity contribution < 1.29 is 23.4 Å². The van der Waals surface area contributed by atoms with Crippen molar-refractivity contribution in [3.05, 3.63) is 59.1 Å². The number of amides is 1. The van der Waals surface area contributed by atoms with Crippen LogP contribution < -0.4 is 14.8 Å². The van der Waals surface area contributed by atoms with Gasteiger partial charge in [0.15, 0.2) is 17.3 Å². The second kappa shape index (κ2) is 10.7. The summed E-state index contributed by atoms with van der Waals surface area (Å²) in [4.78, 5) is 22.6. The molecule has 3 aromatic rings. The number of rotatable bonds is 9. The minimum atomic E-state index is -0.683.